The second-order valence-electron chi connectivity index (χ2n) is 6.49. The highest BCUT2D eigenvalue weighted by molar-refractivity contribution is 4.85. The van der Waals surface area contributed by atoms with Crippen LogP contribution >= 0.6 is 0 Å². The van der Waals surface area contributed by atoms with Crippen molar-refractivity contribution in [1.29, 1.82) is 0 Å². The van der Waals surface area contributed by atoms with Crippen molar-refractivity contribution in [3.05, 3.63) is 0 Å². The summed E-state index contributed by atoms with van der Waals surface area (Å²) in [5.74, 6) is 0. The van der Waals surface area contributed by atoms with Crippen LogP contribution in [-0.2, 0) is 0 Å². The van der Waals surface area contributed by atoms with E-state index in [0.717, 1.165) is 12.1 Å². The number of hydrogen-bond donors (Lipinski definition) is 1. The molecule has 2 atom stereocenters. The summed E-state index contributed by atoms with van der Waals surface area (Å²) in [7, 11) is 4.41. The van der Waals surface area contributed by atoms with Crippen molar-refractivity contribution in [2.45, 2.75) is 63.6 Å². The summed E-state index contributed by atoms with van der Waals surface area (Å²) in [6.07, 6.45) is 8.43. The normalized spacial score (nSPS) is 29.0. The topological polar surface area (TPSA) is 18.5 Å². The lowest BCUT2D eigenvalue weighted by Crippen LogP contribution is -2.44. The van der Waals surface area contributed by atoms with Gasteiger partial charge in [-0.25, -0.2) is 0 Å². The average molecular weight is 253 g/mol. The van der Waals surface area contributed by atoms with Crippen molar-refractivity contribution in [2.24, 2.45) is 0 Å². The monoisotopic (exact) mass is 253 g/mol. The van der Waals surface area contributed by atoms with E-state index in [0.29, 0.717) is 6.04 Å². The highest BCUT2D eigenvalue weighted by Crippen LogP contribution is 2.19. The SMILES string of the molecule is CC(CNC1CCCCC1)N1CCC(N(C)C)C1. The minimum absolute atomic E-state index is 0.692. The smallest absolute Gasteiger partial charge is 0.0229 e. The zero-order valence-electron chi connectivity index (χ0n) is 12.5. The Hall–Kier alpha value is -0.120. The quantitative estimate of drug-likeness (QED) is 0.808. The molecule has 18 heavy (non-hydrogen) atoms. The molecule has 2 rings (SSSR count). The number of nitrogens with zero attached hydrogens (tertiary/aromatic N) is 2. The third kappa shape index (κ3) is 3.94. The van der Waals surface area contributed by atoms with Gasteiger partial charge in [0.25, 0.3) is 0 Å². The molecule has 1 saturated heterocycles. The predicted molar refractivity (Wildman–Crippen MR) is 78.0 cm³/mol. The first-order valence-electron chi connectivity index (χ1n) is 7.80. The molecule has 3 heteroatoms. The molecule has 0 aromatic heterocycles. The zero-order valence-corrected chi connectivity index (χ0v) is 12.5. The second-order valence-corrected chi connectivity index (χ2v) is 6.49. The zero-order chi connectivity index (χ0) is 13.0. The Morgan fingerprint density at radius 1 is 1.17 bits per heavy atom. The molecule has 2 aliphatic rings. The summed E-state index contributed by atoms with van der Waals surface area (Å²) < 4.78 is 0. The Labute approximate surface area is 113 Å². The lowest BCUT2D eigenvalue weighted by molar-refractivity contribution is 0.214. The van der Waals surface area contributed by atoms with E-state index in [1.54, 1.807) is 0 Å². The largest absolute Gasteiger partial charge is 0.312 e. The Balaban J connectivity index is 1.67. The standard InChI is InChI=1S/C15H31N3/c1-13(11-16-14-7-5-4-6-8-14)18-10-9-15(12-18)17(2)3/h13-16H,4-12H2,1-3H3. The third-order valence-electron chi connectivity index (χ3n) is 4.86. The van der Waals surface area contributed by atoms with Gasteiger partial charge >= 0.3 is 0 Å². The molecule has 0 amide bonds. The number of likely N-dealkylation sites (N-methyl/N-ethyl adjacent to an activating group) is 1. The Morgan fingerprint density at radius 3 is 2.50 bits per heavy atom. The van der Waals surface area contributed by atoms with Gasteiger partial charge in [-0.3, -0.25) is 4.90 Å². The maximum Gasteiger partial charge on any atom is 0.0229 e. The molecular weight excluding hydrogens is 222 g/mol. The average Bonchev–Trinajstić information content (AvgIpc) is 2.87. The van der Waals surface area contributed by atoms with Gasteiger partial charge in [0.2, 0.25) is 0 Å². The highest BCUT2D eigenvalue weighted by atomic mass is 15.3. The van der Waals surface area contributed by atoms with Crippen LogP contribution in [0.15, 0.2) is 0 Å². The summed E-state index contributed by atoms with van der Waals surface area (Å²) in [6.45, 7) is 6.08. The van der Waals surface area contributed by atoms with Crippen LogP contribution in [0.3, 0.4) is 0 Å². The van der Waals surface area contributed by atoms with Crippen LogP contribution in [0, 0.1) is 0 Å². The van der Waals surface area contributed by atoms with Crippen molar-refractivity contribution in [3.63, 3.8) is 0 Å². The molecule has 1 N–H and O–H groups in total. The number of nitrogens with one attached hydrogen (secondary N) is 1. The van der Waals surface area contributed by atoms with Crippen molar-refractivity contribution in [2.75, 3.05) is 33.7 Å². The maximum absolute atomic E-state index is 3.79. The van der Waals surface area contributed by atoms with Gasteiger partial charge in [0.05, 0.1) is 0 Å². The minimum Gasteiger partial charge on any atom is -0.312 e. The van der Waals surface area contributed by atoms with E-state index < -0.39 is 0 Å². The number of hydrogen-bond acceptors (Lipinski definition) is 3. The Kier molecular flexibility index (Phi) is 5.46. The van der Waals surface area contributed by atoms with Crippen LogP contribution < -0.4 is 5.32 Å². The molecule has 0 bridgehead atoms. The number of likely N-dealkylation sites (tertiary alicyclic amines) is 1. The van der Waals surface area contributed by atoms with Gasteiger partial charge < -0.3 is 10.2 Å². The molecule has 1 saturated carbocycles. The van der Waals surface area contributed by atoms with Crippen LogP contribution in [0.4, 0.5) is 0 Å². The number of rotatable bonds is 5. The van der Waals surface area contributed by atoms with Gasteiger partial charge in [-0.15, -0.1) is 0 Å². The summed E-state index contributed by atoms with van der Waals surface area (Å²) in [6, 6.07) is 2.26. The highest BCUT2D eigenvalue weighted by Gasteiger charge is 2.27. The molecule has 106 valence electrons. The van der Waals surface area contributed by atoms with E-state index in [-0.39, 0.29) is 0 Å². The van der Waals surface area contributed by atoms with E-state index in [9.17, 15) is 0 Å². The van der Waals surface area contributed by atoms with E-state index in [4.69, 9.17) is 0 Å². The molecule has 3 nitrogen and oxygen atoms in total. The van der Waals surface area contributed by atoms with Crippen LogP contribution in [-0.4, -0.2) is 61.7 Å². The molecule has 1 aliphatic heterocycles. The van der Waals surface area contributed by atoms with E-state index in [2.05, 4.69) is 36.1 Å². The predicted octanol–water partition coefficient (Wildman–Crippen LogP) is 1.93. The molecular formula is C15H31N3. The van der Waals surface area contributed by atoms with Crippen molar-refractivity contribution in [1.82, 2.24) is 15.1 Å². The van der Waals surface area contributed by atoms with Gasteiger partial charge in [-0.1, -0.05) is 19.3 Å². The summed E-state index contributed by atoms with van der Waals surface area (Å²) >= 11 is 0. The second kappa shape index (κ2) is 6.88. The van der Waals surface area contributed by atoms with E-state index in [1.807, 2.05) is 0 Å². The van der Waals surface area contributed by atoms with Crippen LogP contribution in [0.5, 0.6) is 0 Å². The molecule has 0 radical (unpaired) electrons. The van der Waals surface area contributed by atoms with Gasteiger partial charge in [-0.2, -0.15) is 0 Å². The molecule has 1 aliphatic carbocycles. The van der Waals surface area contributed by atoms with Crippen molar-refractivity contribution >= 4 is 0 Å². The van der Waals surface area contributed by atoms with Crippen LogP contribution in [0.25, 0.3) is 0 Å². The molecule has 0 aromatic carbocycles. The Bertz CT molecular complexity index is 236. The van der Waals surface area contributed by atoms with Gasteiger partial charge in [0.1, 0.15) is 0 Å². The summed E-state index contributed by atoms with van der Waals surface area (Å²) in [5.41, 5.74) is 0. The van der Waals surface area contributed by atoms with Gasteiger partial charge in [-0.05, 0) is 40.3 Å². The van der Waals surface area contributed by atoms with E-state index >= 15 is 0 Å². The summed E-state index contributed by atoms with van der Waals surface area (Å²) in [5, 5.41) is 3.79. The summed E-state index contributed by atoms with van der Waals surface area (Å²) in [4.78, 5) is 5.03. The molecule has 2 unspecified atom stereocenters. The van der Waals surface area contributed by atoms with Crippen LogP contribution in [0.1, 0.15) is 45.4 Å². The first kappa shape index (κ1) is 14.3. The molecule has 0 aromatic rings. The minimum atomic E-state index is 0.692. The fourth-order valence-corrected chi connectivity index (χ4v) is 3.36. The van der Waals surface area contributed by atoms with Gasteiger partial charge in [0, 0.05) is 37.8 Å². The lowest BCUT2D eigenvalue weighted by atomic mass is 9.95. The van der Waals surface area contributed by atoms with E-state index in [1.165, 1.54) is 58.2 Å². The first-order chi connectivity index (χ1) is 8.66. The lowest BCUT2D eigenvalue weighted by Gasteiger charge is -2.29. The van der Waals surface area contributed by atoms with Gasteiger partial charge in [0.15, 0.2) is 0 Å². The van der Waals surface area contributed by atoms with Crippen LogP contribution in [0.2, 0.25) is 0 Å². The fraction of sp³-hybridized carbons (Fsp3) is 1.00. The Morgan fingerprint density at radius 2 is 1.89 bits per heavy atom. The first-order valence-corrected chi connectivity index (χ1v) is 7.80. The molecule has 2 fully saturated rings. The van der Waals surface area contributed by atoms with Crippen molar-refractivity contribution in [3.8, 4) is 0 Å². The maximum atomic E-state index is 3.79. The third-order valence-corrected chi connectivity index (χ3v) is 4.86. The fourth-order valence-electron chi connectivity index (χ4n) is 3.36. The molecule has 1 heterocycles. The van der Waals surface area contributed by atoms with Crippen molar-refractivity contribution < 1.29 is 0 Å². The molecule has 0 spiro atoms.